The molecule has 4 aromatic rings. The van der Waals surface area contributed by atoms with Crippen molar-refractivity contribution in [1.29, 1.82) is 0 Å². The highest BCUT2D eigenvalue weighted by Crippen LogP contribution is 2.35. The van der Waals surface area contributed by atoms with Gasteiger partial charge >= 0.3 is 0 Å². The molecular weight excluding hydrogens is 358 g/mol. The van der Waals surface area contributed by atoms with Gasteiger partial charge in [0.1, 0.15) is 17.0 Å². The molecule has 1 N–H and O–H groups in total. The Bertz CT molecular complexity index is 1260. The summed E-state index contributed by atoms with van der Waals surface area (Å²) in [7, 11) is 0. The Morgan fingerprint density at radius 2 is 1.63 bits per heavy atom. The maximum Gasteiger partial charge on any atom is 0.196 e. The normalized spacial score (nSPS) is 12.8. The second-order valence-electron chi connectivity index (χ2n) is 6.36. The molecule has 0 amide bonds. The molecule has 2 aromatic carbocycles. The Morgan fingerprint density at radius 3 is 2.44 bits per heavy atom. The molecule has 2 aromatic heterocycles. The van der Waals surface area contributed by atoms with Gasteiger partial charge < -0.3 is 5.32 Å². The van der Waals surface area contributed by atoms with Crippen LogP contribution in [-0.4, -0.2) is 21.5 Å². The lowest BCUT2D eigenvalue weighted by molar-refractivity contribution is 0.0979. The average Bonchev–Trinajstić information content (AvgIpc) is 3.07. The number of rotatable bonds is 2. The quantitative estimate of drug-likeness (QED) is 0.494. The van der Waals surface area contributed by atoms with Crippen LogP contribution in [0.15, 0.2) is 54.9 Å². The average molecular weight is 371 g/mol. The third kappa shape index (κ3) is 2.38. The highest BCUT2D eigenvalue weighted by atomic mass is 32.1. The Morgan fingerprint density at radius 1 is 0.889 bits per heavy atom. The second kappa shape index (κ2) is 5.82. The van der Waals surface area contributed by atoms with Crippen LogP contribution in [0.2, 0.25) is 0 Å². The van der Waals surface area contributed by atoms with Crippen molar-refractivity contribution < 1.29 is 9.59 Å². The molecule has 0 atom stereocenters. The molecule has 6 heteroatoms. The zero-order chi connectivity index (χ0) is 18.5. The van der Waals surface area contributed by atoms with E-state index in [1.807, 2.05) is 13.0 Å². The molecule has 0 unspecified atom stereocenters. The largest absolute Gasteiger partial charge is 0.339 e. The van der Waals surface area contributed by atoms with Gasteiger partial charge in [0.05, 0.1) is 16.6 Å². The zero-order valence-electron chi connectivity index (χ0n) is 14.3. The first-order valence-corrected chi connectivity index (χ1v) is 9.25. The van der Waals surface area contributed by atoms with Crippen LogP contribution in [0.3, 0.4) is 0 Å². The summed E-state index contributed by atoms with van der Waals surface area (Å²) in [5.41, 5.74) is 2.26. The number of carbonyl (C=O) groups is 2. The first-order chi connectivity index (χ1) is 13.1. The number of hydrogen-bond acceptors (Lipinski definition) is 6. The molecule has 0 aliphatic heterocycles. The van der Waals surface area contributed by atoms with E-state index in [2.05, 4.69) is 15.3 Å². The van der Waals surface area contributed by atoms with Crippen LogP contribution in [0.1, 0.15) is 36.7 Å². The van der Waals surface area contributed by atoms with Crippen LogP contribution < -0.4 is 5.32 Å². The van der Waals surface area contributed by atoms with Crippen LogP contribution in [0.5, 0.6) is 0 Å². The van der Waals surface area contributed by atoms with Gasteiger partial charge in [-0.05, 0) is 19.1 Å². The molecule has 0 bridgehead atoms. The Labute approximate surface area is 158 Å². The van der Waals surface area contributed by atoms with Crippen molar-refractivity contribution in [3.8, 4) is 0 Å². The molecule has 0 saturated heterocycles. The van der Waals surface area contributed by atoms with E-state index in [9.17, 15) is 9.59 Å². The zero-order valence-corrected chi connectivity index (χ0v) is 15.1. The van der Waals surface area contributed by atoms with Crippen LogP contribution in [0, 0.1) is 6.92 Å². The third-order valence-electron chi connectivity index (χ3n) is 4.66. The molecule has 1 aliphatic rings. The minimum atomic E-state index is -0.157. The van der Waals surface area contributed by atoms with Crippen molar-refractivity contribution in [1.82, 2.24) is 9.97 Å². The predicted octanol–water partition coefficient (Wildman–Crippen LogP) is 4.52. The minimum absolute atomic E-state index is 0.136. The number of nitrogens with zero attached hydrogens (tertiary/aromatic N) is 2. The van der Waals surface area contributed by atoms with Gasteiger partial charge in [0.15, 0.2) is 11.6 Å². The van der Waals surface area contributed by atoms with Gasteiger partial charge in [0, 0.05) is 21.6 Å². The summed E-state index contributed by atoms with van der Waals surface area (Å²) < 4.78 is 0. The highest BCUT2D eigenvalue weighted by Gasteiger charge is 2.31. The molecule has 1 aliphatic carbocycles. The monoisotopic (exact) mass is 371 g/mol. The number of thiophene rings is 1. The maximum atomic E-state index is 13.1. The molecule has 5 nitrogen and oxygen atoms in total. The molecule has 0 fully saturated rings. The Kier molecular flexibility index (Phi) is 3.42. The fourth-order valence-electron chi connectivity index (χ4n) is 3.45. The standard InChI is InChI=1S/C21H13N3O2S/c1-11-9-15-20(22-10-23-21(15)27-11)24-16-8-4-7-14-17(16)19(26)13-6-3-2-5-12(13)18(14)25/h2-10H,1H3,(H,22,23,24). The lowest BCUT2D eigenvalue weighted by atomic mass is 9.83. The molecule has 130 valence electrons. The summed E-state index contributed by atoms with van der Waals surface area (Å²) in [6.45, 7) is 2.01. The van der Waals surface area contributed by atoms with Crippen molar-refractivity contribution in [3.05, 3.63) is 82.0 Å². The smallest absolute Gasteiger partial charge is 0.196 e. The number of carbonyl (C=O) groups excluding carboxylic acids is 2. The van der Waals surface area contributed by atoms with Gasteiger partial charge in [0.25, 0.3) is 0 Å². The van der Waals surface area contributed by atoms with Crippen molar-refractivity contribution in [3.63, 3.8) is 0 Å². The Balaban J connectivity index is 1.67. The van der Waals surface area contributed by atoms with E-state index in [1.54, 1.807) is 53.8 Å². The SMILES string of the molecule is Cc1cc2c(Nc3cccc4c3C(=O)c3ccccc3C4=O)ncnc2s1. The van der Waals surface area contributed by atoms with E-state index < -0.39 is 0 Å². The summed E-state index contributed by atoms with van der Waals surface area (Å²) in [6.07, 6.45) is 1.50. The second-order valence-corrected chi connectivity index (χ2v) is 7.59. The number of aryl methyl sites for hydroxylation is 1. The fraction of sp³-hybridized carbons (Fsp3) is 0.0476. The fourth-order valence-corrected chi connectivity index (χ4v) is 4.30. The number of benzene rings is 2. The summed E-state index contributed by atoms with van der Waals surface area (Å²) in [5.74, 6) is 0.329. The van der Waals surface area contributed by atoms with Crippen LogP contribution in [-0.2, 0) is 0 Å². The Hall–Kier alpha value is -3.38. The number of hydrogen-bond donors (Lipinski definition) is 1. The van der Waals surface area contributed by atoms with Gasteiger partial charge in [-0.1, -0.05) is 36.4 Å². The topological polar surface area (TPSA) is 72.0 Å². The van der Waals surface area contributed by atoms with Crippen molar-refractivity contribution in [2.24, 2.45) is 0 Å². The van der Waals surface area contributed by atoms with Gasteiger partial charge in [-0.2, -0.15) is 0 Å². The lowest BCUT2D eigenvalue weighted by Gasteiger charge is -2.20. The summed E-state index contributed by atoms with van der Waals surface area (Å²) >= 11 is 1.59. The number of fused-ring (bicyclic) bond motifs is 3. The number of aromatic nitrogens is 2. The molecule has 0 spiro atoms. The molecule has 5 rings (SSSR count). The van der Waals surface area contributed by atoms with E-state index >= 15 is 0 Å². The van der Waals surface area contributed by atoms with E-state index in [1.165, 1.54) is 6.33 Å². The first kappa shape index (κ1) is 15.8. The van der Waals surface area contributed by atoms with Gasteiger partial charge in [-0.3, -0.25) is 9.59 Å². The van der Waals surface area contributed by atoms with Crippen LogP contribution in [0.4, 0.5) is 11.5 Å². The summed E-state index contributed by atoms with van der Waals surface area (Å²) in [5, 5.41) is 4.15. The number of ketones is 2. The third-order valence-corrected chi connectivity index (χ3v) is 5.62. The van der Waals surface area contributed by atoms with Crippen molar-refractivity contribution in [2.45, 2.75) is 6.92 Å². The molecule has 0 radical (unpaired) electrons. The van der Waals surface area contributed by atoms with Crippen molar-refractivity contribution in [2.75, 3.05) is 5.32 Å². The van der Waals surface area contributed by atoms with E-state index in [0.717, 1.165) is 15.1 Å². The molecular formula is C21H13N3O2S. The summed E-state index contributed by atoms with van der Waals surface area (Å²) in [4.78, 5) is 36.6. The number of anilines is 2. The molecule has 27 heavy (non-hydrogen) atoms. The maximum absolute atomic E-state index is 13.1. The van der Waals surface area contributed by atoms with Gasteiger partial charge in [-0.15, -0.1) is 11.3 Å². The molecule has 0 saturated carbocycles. The predicted molar refractivity (Wildman–Crippen MR) is 105 cm³/mol. The van der Waals surface area contributed by atoms with Crippen molar-refractivity contribution >= 4 is 44.6 Å². The first-order valence-electron chi connectivity index (χ1n) is 8.43. The van der Waals surface area contributed by atoms with E-state index in [0.29, 0.717) is 33.8 Å². The van der Waals surface area contributed by atoms with Crippen LogP contribution in [0.25, 0.3) is 10.2 Å². The van der Waals surface area contributed by atoms with Crippen LogP contribution >= 0.6 is 11.3 Å². The van der Waals surface area contributed by atoms with E-state index in [4.69, 9.17) is 0 Å². The van der Waals surface area contributed by atoms with E-state index in [-0.39, 0.29) is 11.6 Å². The lowest BCUT2D eigenvalue weighted by Crippen LogP contribution is -2.22. The van der Waals surface area contributed by atoms with Gasteiger partial charge in [0.2, 0.25) is 0 Å². The minimum Gasteiger partial charge on any atom is -0.339 e. The molecule has 2 heterocycles. The summed E-state index contributed by atoms with van der Waals surface area (Å²) in [6, 6.07) is 14.2. The van der Waals surface area contributed by atoms with Gasteiger partial charge in [-0.25, -0.2) is 9.97 Å². The highest BCUT2D eigenvalue weighted by molar-refractivity contribution is 7.18. The number of nitrogens with one attached hydrogen (secondary N) is 1.